The molecule has 2 aliphatic rings. The van der Waals surface area contributed by atoms with E-state index in [4.69, 9.17) is 14.7 Å². The molecule has 0 unspecified atom stereocenters. The lowest BCUT2D eigenvalue weighted by Crippen LogP contribution is -2.31. The monoisotopic (exact) mass is 470 g/mol. The largest absolute Gasteiger partial charge is 0.497 e. The third-order valence-electron chi connectivity index (χ3n) is 6.70. The van der Waals surface area contributed by atoms with Gasteiger partial charge in [0.1, 0.15) is 17.4 Å². The SMILES string of the molecule is COc1cccc(Nc2cc(N3CCCCC3)nc(N(C)CCc3c[nH]c4c3C=CC=CC4)n2)c1. The zero-order valence-corrected chi connectivity index (χ0v) is 20.6. The number of nitrogens with one attached hydrogen (secondary N) is 2. The van der Waals surface area contributed by atoms with Gasteiger partial charge in [-0.25, -0.2) is 0 Å². The molecule has 182 valence electrons. The summed E-state index contributed by atoms with van der Waals surface area (Å²) in [6, 6.07) is 9.98. The first-order valence-electron chi connectivity index (χ1n) is 12.5. The number of aromatic amines is 1. The molecule has 0 amide bonds. The van der Waals surface area contributed by atoms with Gasteiger partial charge in [0.15, 0.2) is 0 Å². The van der Waals surface area contributed by atoms with Crippen LogP contribution in [0.2, 0.25) is 0 Å². The summed E-state index contributed by atoms with van der Waals surface area (Å²) in [5.41, 5.74) is 4.86. The number of nitrogens with zero attached hydrogens (tertiary/aromatic N) is 4. The van der Waals surface area contributed by atoms with Crippen LogP contribution in [0, 0.1) is 0 Å². The lowest BCUT2D eigenvalue weighted by molar-refractivity contribution is 0.415. The van der Waals surface area contributed by atoms with Crippen molar-refractivity contribution in [3.63, 3.8) is 0 Å². The van der Waals surface area contributed by atoms with Crippen molar-refractivity contribution in [1.29, 1.82) is 0 Å². The molecule has 0 spiro atoms. The molecule has 2 N–H and O–H groups in total. The number of hydrogen-bond donors (Lipinski definition) is 2. The fourth-order valence-corrected chi connectivity index (χ4v) is 4.70. The Morgan fingerprint density at radius 2 is 2.00 bits per heavy atom. The molecule has 1 aromatic carbocycles. The third-order valence-corrected chi connectivity index (χ3v) is 6.70. The average Bonchev–Trinajstić information content (AvgIpc) is 3.13. The van der Waals surface area contributed by atoms with Gasteiger partial charge >= 0.3 is 0 Å². The molecule has 1 fully saturated rings. The summed E-state index contributed by atoms with van der Waals surface area (Å²) in [5.74, 6) is 3.32. The lowest BCUT2D eigenvalue weighted by Gasteiger charge is -2.29. The van der Waals surface area contributed by atoms with Crippen LogP contribution in [0.3, 0.4) is 0 Å². The second kappa shape index (κ2) is 10.7. The van der Waals surface area contributed by atoms with E-state index in [1.165, 1.54) is 36.1 Å². The molecule has 5 rings (SSSR count). The number of allylic oxidation sites excluding steroid dienone is 3. The van der Waals surface area contributed by atoms with E-state index in [0.717, 1.165) is 61.5 Å². The highest BCUT2D eigenvalue weighted by atomic mass is 16.5. The Hall–Kier alpha value is -3.74. The number of hydrogen-bond acceptors (Lipinski definition) is 6. The second-order valence-corrected chi connectivity index (χ2v) is 9.19. The predicted octanol–water partition coefficient (Wildman–Crippen LogP) is 5.35. The number of piperidine rings is 1. The molecule has 0 bridgehead atoms. The van der Waals surface area contributed by atoms with Crippen LogP contribution in [-0.4, -0.2) is 48.7 Å². The Labute approximate surface area is 207 Å². The van der Waals surface area contributed by atoms with Crippen LogP contribution in [0.5, 0.6) is 5.75 Å². The third kappa shape index (κ3) is 5.50. The molecule has 3 heterocycles. The molecule has 0 atom stereocenters. The van der Waals surface area contributed by atoms with Crippen molar-refractivity contribution in [3.05, 3.63) is 71.6 Å². The minimum atomic E-state index is 0.734. The number of aromatic nitrogens is 3. The van der Waals surface area contributed by atoms with Gasteiger partial charge in [-0.15, -0.1) is 0 Å². The van der Waals surface area contributed by atoms with Crippen LogP contribution in [0.15, 0.2) is 54.8 Å². The second-order valence-electron chi connectivity index (χ2n) is 9.19. The summed E-state index contributed by atoms with van der Waals surface area (Å²) < 4.78 is 5.39. The van der Waals surface area contributed by atoms with Crippen LogP contribution in [0.1, 0.15) is 36.1 Å². The smallest absolute Gasteiger partial charge is 0.229 e. The molecule has 1 aliphatic heterocycles. The normalized spacial score (nSPS) is 15.0. The van der Waals surface area contributed by atoms with Crippen molar-refractivity contribution >= 4 is 29.3 Å². The molecular formula is C28H34N6O. The van der Waals surface area contributed by atoms with E-state index < -0.39 is 0 Å². The van der Waals surface area contributed by atoms with Crippen LogP contribution in [0.25, 0.3) is 6.08 Å². The number of ether oxygens (including phenoxy) is 1. The van der Waals surface area contributed by atoms with E-state index in [9.17, 15) is 0 Å². The molecule has 35 heavy (non-hydrogen) atoms. The minimum absolute atomic E-state index is 0.734. The molecule has 0 saturated carbocycles. The molecule has 0 radical (unpaired) electrons. The number of H-pyrrole nitrogens is 1. The number of anilines is 4. The Bertz CT molecular complexity index is 1210. The lowest BCUT2D eigenvalue weighted by atomic mass is 10.1. The van der Waals surface area contributed by atoms with Gasteiger partial charge in [-0.3, -0.25) is 0 Å². The zero-order valence-electron chi connectivity index (χ0n) is 20.6. The van der Waals surface area contributed by atoms with Crippen molar-refractivity contribution in [1.82, 2.24) is 15.0 Å². The van der Waals surface area contributed by atoms with Crippen molar-refractivity contribution in [3.8, 4) is 5.75 Å². The van der Waals surface area contributed by atoms with Gasteiger partial charge < -0.3 is 24.8 Å². The average molecular weight is 471 g/mol. The van der Waals surface area contributed by atoms with Crippen molar-refractivity contribution < 1.29 is 4.74 Å². The van der Waals surface area contributed by atoms with Crippen LogP contribution >= 0.6 is 0 Å². The highest BCUT2D eigenvalue weighted by Gasteiger charge is 2.17. The maximum Gasteiger partial charge on any atom is 0.229 e. The number of methoxy groups -OCH3 is 1. The fourth-order valence-electron chi connectivity index (χ4n) is 4.70. The first-order chi connectivity index (χ1) is 17.2. The van der Waals surface area contributed by atoms with Crippen molar-refractivity contribution in [2.45, 2.75) is 32.1 Å². The van der Waals surface area contributed by atoms with Crippen molar-refractivity contribution in [2.75, 3.05) is 48.9 Å². The maximum absolute atomic E-state index is 5.39. The van der Waals surface area contributed by atoms with Gasteiger partial charge in [0.05, 0.1) is 7.11 Å². The summed E-state index contributed by atoms with van der Waals surface area (Å²) in [6.45, 7) is 2.90. The number of likely N-dealkylation sites (N-methyl/N-ethyl adjacent to an activating group) is 1. The van der Waals surface area contributed by atoms with E-state index in [-0.39, 0.29) is 0 Å². The summed E-state index contributed by atoms with van der Waals surface area (Å²) in [6.07, 6.45) is 16.3. The zero-order chi connectivity index (χ0) is 24.0. The van der Waals surface area contributed by atoms with E-state index in [0.29, 0.717) is 0 Å². The number of rotatable bonds is 8. The van der Waals surface area contributed by atoms with E-state index >= 15 is 0 Å². The molecule has 7 heteroatoms. The molecule has 2 aromatic heterocycles. The minimum Gasteiger partial charge on any atom is -0.497 e. The van der Waals surface area contributed by atoms with Gasteiger partial charge in [-0.1, -0.05) is 30.4 Å². The topological polar surface area (TPSA) is 69.3 Å². The molecule has 1 saturated heterocycles. The Kier molecular flexibility index (Phi) is 7.02. The molecule has 3 aromatic rings. The highest BCUT2D eigenvalue weighted by Crippen LogP contribution is 2.27. The molecular weight excluding hydrogens is 436 g/mol. The first-order valence-corrected chi connectivity index (χ1v) is 12.5. The molecule has 1 aliphatic carbocycles. The summed E-state index contributed by atoms with van der Waals surface area (Å²) in [7, 11) is 3.76. The van der Waals surface area contributed by atoms with E-state index in [1.54, 1.807) is 7.11 Å². The maximum atomic E-state index is 5.39. The van der Waals surface area contributed by atoms with Crippen LogP contribution < -0.4 is 19.9 Å². The van der Waals surface area contributed by atoms with Gasteiger partial charge in [0.25, 0.3) is 0 Å². The van der Waals surface area contributed by atoms with Crippen molar-refractivity contribution in [2.24, 2.45) is 0 Å². The van der Waals surface area contributed by atoms with Gasteiger partial charge in [-0.2, -0.15) is 9.97 Å². The van der Waals surface area contributed by atoms with E-state index in [2.05, 4.69) is 63.7 Å². The van der Waals surface area contributed by atoms with Gasteiger partial charge in [0.2, 0.25) is 5.95 Å². The highest BCUT2D eigenvalue weighted by molar-refractivity contribution is 5.63. The van der Waals surface area contributed by atoms with Gasteiger partial charge in [0, 0.05) is 62.8 Å². The van der Waals surface area contributed by atoms with Crippen LogP contribution in [0.4, 0.5) is 23.3 Å². The quantitative estimate of drug-likeness (QED) is 0.462. The van der Waals surface area contributed by atoms with E-state index in [1.807, 2.05) is 24.3 Å². The fraction of sp³-hybridized carbons (Fsp3) is 0.357. The Balaban J connectivity index is 1.37. The Morgan fingerprint density at radius 3 is 2.86 bits per heavy atom. The first kappa shape index (κ1) is 23.0. The number of benzene rings is 1. The Morgan fingerprint density at radius 1 is 1.11 bits per heavy atom. The standard InChI is InChI=1S/C28H34N6O/c1-33(17-14-21-20-29-25-13-6-3-5-12-24(21)25)28-31-26(30-22-10-9-11-23(18-22)35-2)19-27(32-28)34-15-7-4-8-16-34/h3,5-6,9-12,18-20,29H,4,7-8,13-17H2,1-2H3,(H,30,31,32). The summed E-state index contributed by atoms with van der Waals surface area (Å²) in [4.78, 5) is 17.8. The summed E-state index contributed by atoms with van der Waals surface area (Å²) in [5, 5.41) is 3.47. The van der Waals surface area contributed by atoms with Crippen LogP contribution in [-0.2, 0) is 12.8 Å². The summed E-state index contributed by atoms with van der Waals surface area (Å²) >= 11 is 0. The number of fused-ring (bicyclic) bond motifs is 1. The molecule has 7 nitrogen and oxygen atoms in total. The van der Waals surface area contributed by atoms with Gasteiger partial charge in [-0.05, 0) is 48.9 Å². The predicted molar refractivity (Wildman–Crippen MR) is 144 cm³/mol.